The molecule has 0 nitrogen and oxygen atoms in total. The Kier molecular flexibility index (Phi) is 7.09. The third-order valence-electron chi connectivity index (χ3n) is 2.04. The van der Waals surface area contributed by atoms with Crippen molar-refractivity contribution in [2.45, 2.75) is 47.0 Å². The molecule has 1 rings (SSSR count). The van der Waals surface area contributed by atoms with Gasteiger partial charge in [-0.15, -0.1) is 0 Å². The van der Waals surface area contributed by atoms with Crippen molar-refractivity contribution in [3.63, 3.8) is 0 Å². The van der Waals surface area contributed by atoms with Crippen molar-refractivity contribution in [2.75, 3.05) is 0 Å². The molecule has 0 fully saturated rings. The van der Waals surface area contributed by atoms with Crippen LogP contribution in [0.2, 0.25) is 0 Å². The van der Waals surface area contributed by atoms with E-state index in [-0.39, 0.29) is 5.82 Å². The minimum atomic E-state index is -0.0524. The van der Waals surface area contributed by atoms with Crippen LogP contribution < -0.4 is 0 Å². The highest BCUT2D eigenvalue weighted by atomic mass is 19.1. The standard InChI is InChI=1S/C11H15F.C2H6/c1-3-5-9-6-7-10(4-2)11(12)8-9;1-2/h6-8H,3-5H2,1-2H3;1-2H3. The summed E-state index contributed by atoms with van der Waals surface area (Å²) in [4.78, 5) is 0. The summed E-state index contributed by atoms with van der Waals surface area (Å²) < 4.78 is 13.2. The maximum Gasteiger partial charge on any atom is 0.126 e. The molecule has 0 saturated heterocycles. The summed E-state index contributed by atoms with van der Waals surface area (Å²) in [5.41, 5.74) is 1.92. The monoisotopic (exact) mass is 196 g/mol. The lowest BCUT2D eigenvalue weighted by Gasteiger charge is -2.02. The molecule has 0 bridgehead atoms. The SMILES string of the molecule is CC.CCCc1ccc(CC)c(F)c1. The Bertz CT molecular complexity index is 253. The second kappa shape index (κ2) is 7.54. The Morgan fingerprint density at radius 1 is 1.14 bits per heavy atom. The molecule has 0 spiro atoms. The molecular formula is C13H21F. The molecular weight excluding hydrogens is 175 g/mol. The van der Waals surface area contributed by atoms with Gasteiger partial charge in [-0.3, -0.25) is 0 Å². The molecule has 0 unspecified atom stereocenters. The first-order valence-electron chi connectivity index (χ1n) is 5.55. The van der Waals surface area contributed by atoms with Crippen LogP contribution in [-0.2, 0) is 12.8 Å². The predicted octanol–water partition coefficient (Wildman–Crippen LogP) is 4.37. The molecule has 14 heavy (non-hydrogen) atoms. The zero-order valence-corrected chi connectivity index (χ0v) is 9.73. The molecule has 1 heteroatoms. The van der Waals surface area contributed by atoms with Gasteiger partial charge in [-0.25, -0.2) is 4.39 Å². The number of hydrogen-bond donors (Lipinski definition) is 0. The Morgan fingerprint density at radius 2 is 1.79 bits per heavy atom. The zero-order chi connectivity index (χ0) is 11.0. The lowest BCUT2D eigenvalue weighted by Crippen LogP contribution is -1.90. The molecule has 0 aliphatic heterocycles. The minimum absolute atomic E-state index is 0.0524. The zero-order valence-electron chi connectivity index (χ0n) is 9.73. The van der Waals surface area contributed by atoms with Gasteiger partial charge in [0.1, 0.15) is 5.82 Å². The van der Waals surface area contributed by atoms with E-state index in [4.69, 9.17) is 0 Å². The molecule has 0 saturated carbocycles. The largest absolute Gasteiger partial charge is 0.207 e. The summed E-state index contributed by atoms with van der Waals surface area (Å²) in [6, 6.07) is 5.56. The fourth-order valence-electron chi connectivity index (χ4n) is 1.32. The topological polar surface area (TPSA) is 0 Å². The second-order valence-corrected chi connectivity index (χ2v) is 3.03. The van der Waals surface area contributed by atoms with Gasteiger partial charge in [0.25, 0.3) is 0 Å². The van der Waals surface area contributed by atoms with Crippen LogP contribution in [0.15, 0.2) is 18.2 Å². The van der Waals surface area contributed by atoms with Crippen LogP contribution in [0.25, 0.3) is 0 Å². The van der Waals surface area contributed by atoms with Crippen molar-refractivity contribution in [3.8, 4) is 0 Å². The van der Waals surface area contributed by atoms with Crippen molar-refractivity contribution >= 4 is 0 Å². The molecule has 0 aliphatic rings. The number of aryl methyl sites for hydroxylation is 2. The second-order valence-electron chi connectivity index (χ2n) is 3.03. The summed E-state index contributed by atoms with van der Waals surface area (Å²) in [5, 5.41) is 0. The van der Waals surface area contributed by atoms with Gasteiger partial charge in [0, 0.05) is 0 Å². The lowest BCUT2D eigenvalue weighted by molar-refractivity contribution is 0.609. The Hall–Kier alpha value is -0.850. The number of rotatable bonds is 3. The van der Waals surface area contributed by atoms with Crippen LogP contribution in [0.4, 0.5) is 4.39 Å². The van der Waals surface area contributed by atoms with Crippen LogP contribution >= 0.6 is 0 Å². The maximum atomic E-state index is 13.2. The number of hydrogen-bond acceptors (Lipinski definition) is 0. The normalized spacial score (nSPS) is 9.21. The fourth-order valence-corrected chi connectivity index (χ4v) is 1.32. The van der Waals surface area contributed by atoms with E-state index in [0.29, 0.717) is 0 Å². The van der Waals surface area contributed by atoms with Gasteiger partial charge in [-0.2, -0.15) is 0 Å². The van der Waals surface area contributed by atoms with E-state index < -0.39 is 0 Å². The molecule has 0 amide bonds. The van der Waals surface area contributed by atoms with Gasteiger partial charge in [-0.1, -0.05) is 46.2 Å². The highest BCUT2D eigenvalue weighted by Crippen LogP contribution is 2.12. The first-order valence-corrected chi connectivity index (χ1v) is 5.55. The Morgan fingerprint density at radius 3 is 2.21 bits per heavy atom. The van der Waals surface area contributed by atoms with Gasteiger partial charge in [0.05, 0.1) is 0 Å². The lowest BCUT2D eigenvalue weighted by atomic mass is 10.1. The van der Waals surface area contributed by atoms with Gasteiger partial charge in [-0.05, 0) is 30.0 Å². The number of halogens is 1. The summed E-state index contributed by atoms with van der Waals surface area (Å²) in [6.07, 6.45) is 2.82. The van der Waals surface area contributed by atoms with Crippen LogP contribution in [-0.4, -0.2) is 0 Å². The quantitative estimate of drug-likeness (QED) is 0.673. The van der Waals surface area contributed by atoms with Gasteiger partial charge in [0.15, 0.2) is 0 Å². The maximum absolute atomic E-state index is 13.2. The smallest absolute Gasteiger partial charge is 0.126 e. The first kappa shape index (κ1) is 13.2. The third kappa shape index (κ3) is 3.91. The molecule has 0 N–H and O–H groups in total. The minimum Gasteiger partial charge on any atom is -0.207 e. The number of benzene rings is 1. The molecule has 1 aromatic carbocycles. The van der Waals surface area contributed by atoms with E-state index >= 15 is 0 Å². The molecule has 1 aromatic rings. The molecule has 0 aromatic heterocycles. The van der Waals surface area contributed by atoms with E-state index in [1.807, 2.05) is 32.9 Å². The fraction of sp³-hybridized carbons (Fsp3) is 0.538. The summed E-state index contributed by atoms with van der Waals surface area (Å²) in [5.74, 6) is -0.0524. The Balaban J connectivity index is 0.000000791. The molecule has 80 valence electrons. The van der Waals surface area contributed by atoms with Gasteiger partial charge >= 0.3 is 0 Å². The first-order chi connectivity index (χ1) is 6.77. The van der Waals surface area contributed by atoms with Gasteiger partial charge in [0.2, 0.25) is 0 Å². The van der Waals surface area contributed by atoms with E-state index in [2.05, 4.69) is 6.92 Å². The summed E-state index contributed by atoms with van der Waals surface area (Å²) in [6.45, 7) is 8.07. The van der Waals surface area contributed by atoms with Crippen molar-refractivity contribution in [1.82, 2.24) is 0 Å². The van der Waals surface area contributed by atoms with E-state index in [9.17, 15) is 4.39 Å². The molecule has 0 atom stereocenters. The summed E-state index contributed by atoms with van der Waals surface area (Å²) >= 11 is 0. The molecule has 0 heterocycles. The van der Waals surface area contributed by atoms with Crippen molar-refractivity contribution in [1.29, 1.82) is 0 Å². The predicted molar refractivity (Wildman–Crippen MR) is 61.1 cm³/mol. The highest BCUT2D eigenvalue weighted by Gasteiger charge is 2.00. The molecule has 0 aliphatic carbocycles. The van der Waals surface area contributed by atoms with E-state index in [1.165, 1.54) is 0 Å². The Labute approximate surface area is 87.2 Å². The van der Waals surface area contributed by atoms with Crippen LogP contribution in [0, 0.1) is 5.82 Å². The van der Waals surface area contributed by atoms with Crippen molar-refractivity contribution in [3.05, 3.63) is 35.1 Å². The van der Waals surface area contributed by atoms with E-state index in [0.717, 1.165) is 30.4 Å². The average Bonchev–Trinajstić information content (AvgIpc) is 2.22. The van der Waals surface area contributed by atoms with Crippen LogP contribution in [0.1, 0.15) is 45.2 Å². The average molecular weight is 196 g/mol. The third-order valence-corrected chi connectivity index (χ3v) is 2.04. The van der Waals surface area contributed by atoms with Crippen molar-refractivity contribution < 1.29 is 4.39 Å². The van der Waals surface area contributed by atoms with Crippen molar-refractivity contribution in [2.24, 2.45) is 0 Å². The van der Waals surface area contributed by atoms with Crippen LogP contribution in [0.3, 0.4) is 0 Å². The van der Waals surface area contributed by atoms with Gasteiger partial charge < -0.3 is 0 Å². The summed E-state index contributed by atoms with van der Waals surface area (Å²) in [7, 11) is 0. The van der Waals surface area contributed by atoms with E-state index in [1.54, 1.807) is 6.07 Å². The highest BCUT2D eigenvalue weighted by molar-refractivity contribution is 5.24. The van der Waals surface area contributed by atoms with Crippen LogP contribution in [0.5, 0.6) is 0 Å². The molecule has 0 radical (unpaired) electrons.